The van der Waals surface area contributed by atoms with Crippen molar-refractivity contribution < 1.29 is 9.90 Å². The maximum atomic E-state index is 11.2. The van der Waals surface area contributed by atoms with Crippen LogP contribution in [-0.4, -0.2) is 25.8 Å². The average Bonchev–Trinajstić information content (AvgIpc) is 3.05. The average molecular weight is 307 g/mol. The van der Waals surface area contributed by atoms with Gasteiger partial charge in [0.1, 0.15) is 9.71 Å². The number of nitrogens with zero attached hydrogens (tertiary/aromatic N) is 3. The molecule has 0 bridgehead atoms. The molecule has 0 saturated heterocycles. The Morgan fingerprint density at radius 1 is 1.50 bits per heavy atom. The van der Waals surface area contributed by atoms with Crippen LogP contribution in [0.1, 0.15) is 29.2 Å². The van der Waals surface area contributed by atoms with E-state index < -0.39 is 5.97 Å². The van der Waals surface area contributed by atoms with Crippen molar-refractivity contribution in [2.45, 2.75) is 20.3 Å². The van der Waals surface area contributed by atoms with Crippen LogP contribution in [-0.2, 0) is 6.42 Å². The molecule has 20 heavy (non-hydrogen) atoms. The zero-order valence-corrected chi connectivity index (χ0v) is 12.7. The molecule has 0 amide bonds. The van der Waals surface area contributed by atoms with Gasteiger partial charge < -0.3 is 5.11 Å². The number of thiazole rings is 1. The van der Waals surface area contributed by atoms with Gasteiger partial charge in [-0.15, -0.1) is 22.7 Å². The highest BCUT2D eigenvalue weighted by Gasteiger charge is 2.19. The molecule has 7 heteroatoms. The predicted molar refractivity (Wildman–Crippen MR) is 80.1 cm³/mol. The molecule has 3 heterocycles. The first-order chi connectivity index (χ1) is 9.56. The Kier molecular flexibility index (Phi) is 3.31. The maximum absolute atomic E-state index is 11.2. The highest BCUT2D eigenvalue weighted by Crippen LogP contribution is 2.32. The summed E-state index contributed by atoms with van der Waals surface area (Å²) in [5.74, 6) is -0.432. The molecule has 0 unspecified atom stereocenters. The number of carbonyl (C=O) groups is 1. The van der Waals surface area contributed by atoms with Crippen LogP contribution in [0, 0.1) is 5.92 Å². The number of fused-ring (bicyclic) bond motifs is 1. The van der Waals surface area contributed by atoms with Gasteiger partial charge in [-0.1, -0.05) is 13.8 Å². The topological polar surface area (TPSA) is 68.0 Å². The summed E-state index contributed by atoms with van der Waals surface area (Å²) in [6.45, 7) is 4.25. The van der Waals surface area contributed by atoms with Crippen molar-refractivity contribution in [2.75, 3.05) is 0 Å². The number of hydrogen-bond donors (Lipinski definition) is 1. The van der Waals surface area contributed by atoms with E-state index >= 15 is 0 Å². The summed E-state index contributed by atoms with van der Waals surface area (Å²) in [6.07, 6.45) is 2.55. The number of carboxylic acids is 1. The van der Waals surface area contributed by atoms with Gasteiger partial charge >= 0.3 is 5.97 Å². The Balaban J connectivity index is 2.21. The fourth-order valence-electron chi connectivity index (χ4n) is 2.06. The third-order valence-corrected chi connectivity index (χ3v) is 4.69. The molecular weight excluding hydrogens is 294 g/mol. The van der Waals surface area contributed by atoms with E-state index in [-0.39, 0.29) is 0 Å². The van der Waals surface area contributed by atoms with Crippen LogP contribution in [0.15, 0.2) is 17.6 Å². The number of carboxylic acid groups (broad SMARTS) is 1. The summed E-state index contributed by atoms with van der Waals surface area (Å²) in [6, 6.07) is 1.72. The molecule has 1 N–H and O–H groups in total. The Labute approximate surface area is 123 Å². The third-order valence-electron chi connectivity index (χ3n) is 2.85. The van der Waals surface area contributed by atoms with Crippen LogP contribution >= 0.6 is 22.7 Å². The second-order valence-corrected chi connectivity index (χ2v) is 6.81. The Bertz CT molecular complexity index is 756. The van der Waals surface area contributed by atoms with Gasteiger partial charge in [-0.2, -0.15) is 9.78 Å². The smallest absolute Gasteiger partial charge is 0.345 e. The van der Waals surface area contributed by atoms with Crippen molar-refractivity contribution >= 4 is 38.9 Å². The molecule has 0 aromatic carbocycles. The van der Waals surface area contributed by atoms with Gasteiger partial charge in [0.15, 0.2) is 0 Å². The zero-order valence-electron chi connectivity index (χ0n) is 11.0. The summed E-state index contributed by atoms with van der Waals surface area (Å²) >= 11 is 2.74. The fraction of sp³-hybridized carbons (Fsp3) is 0.308. The predicted octanol–water partition coefficient (Wildman–Crippen LogP) is 3.44. The highest BCUT2D eigenvalue weighted by molar-refractivity contribution is 7.20. The quantitative estimate of drug-likeness (QED) is 0.801. The first-order valence-corrected chi connectivity index (χ1v) is 7.90. The van der Waals surface area contributed by atoms with Crippen LogP contribution in [0.3, 0.4) is 0 Å². The van der Waals surface area contributed by atoms with Gasteiger partial charge in [-0.3, -0.25) is 0 Å². The third kappa shape index (κ3) is 2.23. The molecule has 0 radical (unpaired) electrons. The van der Waals surface area contributed by atoms with Gasteiger partial charge in [-0.05, 0) is 18.4 Å². The van der Waals surface area contributed by atoms with E-state index in [1.54, 1.807) is 16.9 Å². The Hall–Kier alpha value is -1.73. The molecule has 104 valence electrons. The minimum Gasteiger partial charge on any atom is -0.477 e. The van der Waals surface area contributed by atoms with Crippen LogP contribution in [0.5, 0.6) is 0 Å². The van der Waals surface area contributed by atoms with Crippen LogP contribution in [0.25, 0.3) is 15.3 Å². The molecule has 0 saturated carbocycles. The van der Waals surface area contributed by atoms with E-state index in [0.29, 0.717) is 10.8 Å². The normalized spacial score (nSPS) is 11.6. The van der Waals surface area contributed by atoms with E-state index in [0.717, 1.165) is 27.5 Å². The molecule has 5 nitrogen and oxygen atoms in total. The molecular formula is C13H13N3O2S2. The monoisotopic (exact) mass is 307 g/mol. The second kappa shape index (κ2) is 4.99. The standard InChI is InChI=1S/C13H13N3O2S2/c1-7(2)5-9-8-6-10(12(17)18)20-11(8)16(15-9)13-14-3-4-19-13/h3-4,6-7H,5H2,1-2H3,(H,17,18). The van der Waals surface area contributed by atoms with Crippen LogP contribution < -0.4 is 0 Å². The largest absolute Gasteiger partial charge is 0.477 e. The number of hydrogen-bond acceptors (Lipinski definition) is 5. The molecule has 0 fully saturated rings. The van der Waals surface area contributed by atoms with E-state index in [1.807, 2.05) is 5.38 Å². The summed E-state index contributed by atoms with van der Waals surface area (Å²) in [5, 5.41) is 17.4. The zero-order chi connectivity index (χ0) is 14.3. The second-order valence-electron chi connectivity index (χ2n) is 4.91. The molecule has 0 aliphatic rings. The van der Waals surface area contributed by atoms with Crippen molar-refractivity contribution in [3.8, 4) is 5.13 Å². The lowest BCUT2D eigenvalue weighted by atomic mass is 10.1. The number of aromatic nitrogens is 3. The van der Waals surface area contributed by atoms with E-state index in [1.165, 1.54) is 22.7 Å². The molecule has 0 spiro atoms. The highest BCUT2D eigenvalue weighted by atomic mass is 32.1. The van der Waals surface area contributed by atoms with Crippen LogP contribution in [0.4, 0.5) is 0 Å². The van der Waals surface area contributed by atoms with Gasteiger partial charge in [0.2, 0.25) is 5.13 Å². The summed E-state index contributed by atoms with van der Waals surface area (Å²) in [5.41, 5.74) is 0.939. The molecule has 3 rings (SSSR count). The molecule has 0 aliphatic heterocycles. The van der Waals surface area contributed by atoms with E-state index in [2.05, 4.69) is 23.9 Å². The minimum atomic E-state index is -0.896. The van der Waals surface area contributed by atoms with E-state index in [4.69, 9.17) is 5.11 Å². The van der Waals surface area contributed by atoms with Gasteiger partial charge in [0.25, 0.3) is 0 Å². The minimum absolute atomic E-state index is 0.340. The van der Waals surface area contributed by atoms with Crippen molar-refractivity contribution in [3.63, 3.8) is 0 Å². The number of thiophene rings is 1. The molecule has 3 aromatic rings. The van der Waals surface area contributed by atoms with Crippen molar-refractivity contribution in [2.24, 2.45) is 5.92 Å². The van der Waals surface area contributed by atoms with Gasteiger partial charge in [0, 0.05) is 17.0 Å². The Morgan fingerprint density at radius 3 is 2.90 bits per heavy atom. The molecule has 3 aromatic heterocycles. The van der Waals surface area contributed by atoms with Crippen molar-refractivity contribution in [1.29, 1.82) is 0 Å². The summed E-state index contributed by atoms with van der Waals surface area (Å²) in [7, 11) is 0. The lowest BCUT2D eigenvalue weighted by Crippen LogP contribution is -1.99. The lowest BCUT2D eigenvalue weighted by Gasteiger charge is -2.00. The Morgan fingerprint density at radius 2 is 2.30 bits per heavy atom. The van der Waals surface area contributed by atoms with Gasteiger partial charge in [0.05, 0.1) is 5.69 Å². The number of rotatable bonds is 4. The lowest BCUT2D eigenvalue weighted by molar-refractivity contribution is 0.0702. The van der Waals surface area contributed by atoms with Crippen molar-refractivity contribution in [3.05, 3.63) is 28.2 Å². The first-order valence-electron chi connectivity index (χ1n) is 6.21. The van der Waals surface area contributed by atoms with Crippen LogP contribution in [0.2, 0.25) is 0 Å². The molecule has 0 atom stereocenters. The summed E-state index contributed by atoms with van der Waals surface area (Å²) < 4.78 is 1.76. The van der Waals surface area contributed by atoms with Crippen molar-refractivity contribution in [1.82, 2.24) is 14.8 Å². The first kappa shape index (κ1) is 13.3. The summed E-state index contributed by atoms with van der Waals surface area (Å²) in [4.78, 5) is 16.6. The molecule has 0 aliphatic carbocycles. The fourth-order valence-corrected chi connectivity index (χ4v) is 3.69. The van der Waals surface area contributed by atoms with E-state index in [9.17, 15) is 4.79 Å². The number of aromatic carboxylic acids is 1. The SMILES string of the molecule is CC(C)Cc1nn(-c2nccs2)c2sc(C(=O)O)cc12. The van der Waals surface area contributed by atoms with Gasteiger partial charge in [-0.25, -0.2) is 9.78 Å². The maximum Gasteiger partial charge on any atom is 0.345 e.